The van der Waals surface area contributed by atoms with Gasteiger partial charge in [-0.2, -0.15) is 5.10 Å². The van der Waals surface area contributed by atoms with Gasteiger partial charge < -0.3 is 14.7 Å². The van der Waals surface area contributed by atoms with E-state index in [2.05, 4.69) is 15.1 Å². The SMILES string of the molecule is CCOC[C@@H](O)CN1CCC[C@H](c2ccn[nH]2)C1. The number of rotatable bonds is 6. The number of aromatic amines is 1. The fraction of sp³-hybridized carbons (Fsp3) is 0.769. The fourth-order valence-electron chi connectivity index (χ4n) is 2.57. The Balaban J connectivity index is 1.80. The summed E-state index contributed by atoms with van der Waals surface area (Å²) in [5.41, 5.74) is 1.21. The van der Waals surface area contributed by atoms with Crippen molar-refractivity contribution in [1.82, 2.24) is 15.1 Å². The van der Waals surface area contributed by atoms with Gasteiger partial charge in [0.05, 0.1) is 12.7 Å². The summed E-state index contributed by atoms with van der Waals surface area (Å²) in [6, 6.07) is 2.05. The van der Waals surface area contributed by atoms with E-state index >= 15 is 0 Å². The van der Waals surface area contributed by atoms with Crippen molar-refractivity contribution in [2.45, 2.75) is 31.8 Å². The quantitative estimate of drug-likeness (QED) is 0.793. The molecule has 18 heavy (non-hydrogen) atoms. The van der Waals surface area contributed by atoms with Gasteiger partial charge in [-0.3, -0.25) is 5.10 Å². The van der Waals surface area contributed by atoms with Gasteiger partial charge in [-0.25, -0.2) is 0 Å². The highest BCUT2D eigenvalue weighted by Crippen LogP contribution is 2.25. The van der Waals surface area contributed by atoms with Crippen LogP contribution in [0.3, 0.4) is 0 Å². The first-order chi connectivity index (χ1) is 8.79. The van der Waals surface area contributed by atoms with E-state index in [9.17, 15) is 5.11 Å². The number of nitrogens with zero attached hydrogens (tertiary/aromatic N) is 2. The third-order valence-electron chi connectivity index (χ3n) is 3.45. The van der Waals surface area contributed by atoms with Crippen LogP contribution in [0.15, 0.2) is 12.3 Å². The van der Waals surface area contributed by atoms with Crippen LogP contribution in [0.1, 0.15) is 31.4 Å². The molecule has 0 saturated carbocycles. The first-order valence-electron chi connectivity index (χ1n) is 6.77. The summed E-state index contributed by atoms with van der Waals surface area (Å²) in [6.45, 7) is 5.79. The molecule has 1 fully saturated rings. The number of piperidine rings is 1. The molecule has 0 unspecified atom stereocenters. The zero-order valence-corrected chi connectivity index (χ0v) is 11.0. The molecule has 2 heterocycles. The molecule has 0 amide bonds. The zero-order valence-electron chi connectivity index (χ0n) is 11.0. The lowest BCUT2D eigenvalue weighted by atomic mass is 9.95. The molecule has 0 bridgehead atoms. The topological polar surface area (TPSA) is 61.4 Å². The molecule has 1 aromatic heterocycles. The molecular weight excluding hydrogens is 230 g/mol. The number of aromatic nitrogens is 2. The molecule has 102 valence electrons. The molecule has 1 aliphatic heterocycles. The van der Waals surface area contributed by atoms with Crippen molar-refractivity contribution in [2.24, 2.45) is 0 Å². The van der Waals surface area contributed by atoms with Crippen LogP contribution in [0.2, 0.25) is 0 Å². The Bertz CT molecular complexity index is 329. The summed E-state index contributed by atoms with van der Waals surface area (Å²) in [7, 11) is 0. The molecule has 0 spiro atoms. The van der Waals surface area contributed by atoms with E-state index in [1.54, 1.807) is 6.20 Å². The van der Waals surface area contributed by atoms with Crippen molar-refractivity contribution in [2.75, 3.05) is 32.8 Å². The zero-order chi connectivity index (χ0) is 12.8. The number of hydrogen-bond donors (Lipinski definition) is 2. The van der Waals surface area contributed by atoms with Crippen LogP contribution in [0.25, 0.3) is 0 Å². The van der Waals surface area contributed by atoms with Gasteiger partial charge in [0, 0.05) is 37.5 Å². The first kappa shape index (κ1) is 13.5. The Labute approximate surface area is 108 Å². The third-order valence-corrected chi connectivity index (χ3v) is 3.45. The third kappa shape index (κ3) is 3.80. The van der Waals surface area contributed by atoms with Gasteiger partial charge in [-0.15, -0.1) is 0 Å². The predicted molar refractivity (Wildman–Crippen MR) is 69.5 cm³/mol. The summed E-state index contributed by atoms with van der Waals surface area (Å²) in [4.78, 5) is 2.32. The van der Waals surface area contributed by atoms with Gasteiger partial charge in [0.15, 0.2) is 0 Å². The number of β-amino-alcohol motifs (C(OH)–C–C–N with tert-alkyl or cyclic N) is 1. The number of aliphatic hydroxyl groups is 1. The molecule has 2 atom stereocenters. The van der Waals surface area contributed by atoms with E-state index in [0.717, 1.165) is 13.1 Å². The van der Waals surface area contributed by atoms with E-state index in [-0.39, 0.29) is 6.10 Å². The normalized spacial score (nSPS) is 23.1. The Hall–Kier alpha value is -0.910. The highest BCUT2D eigenvalue weighted by atomic mass is 16.5. The lowest BCUT2D eigenvalue weighted by molar-refractivity contribution is 0.0160. The van der Waals surface area contributed by atoms with Gasteiger partial charge in [-0.05, 0) is 32.4 Å². The van der Waals surface area contributed by atoms with Crippen molar-refractivity contribution >= 4 is 0 Å². The standard InChI is InChI=1S/C13H23N3O2/c1-2-18-10-12(17)9-16-7-3-4-11(8-16)13-5-6-14-15-13/h5-6,11-12,17H,2-4,7-10H2,1H3,(H,14,15)/t11-,12-/m0/s1. The van der Waals surface area contributed by atoms with Crippen LogP contribution in [0, 0.1) is 0 Å². The second-order valence-electron chi connectivity index (χ2n) is 4.92. The number of hydrogen-bond acceptors (Lipinski definition) is 4. The molecule has 0 aliphatic carbocycles. The maximum atomic E-state index is 9.86. The summed E-state index contributed by atoms with van der Waals surface area (Å²) in [5.74, 6) is 0.514. The molecule has 2 N–H and O–H groups in total. The molecule has 2 rings (SSSR count). The first-order valence-corrected chi connectivity index (χ1v) is 6.77. The van der Waals surface area contributed by atoms with Crippen LogP contribution in [-0.2, 0) is 4.74 Å². The van der Waals surface area contributed by atoms with Crippen molar-refractivity contribution in [3.63, 3.8) is 0 Å². The van der Waals surface area contributed by atoms with E-state index in [4.69, 9.17) is 4.74 Å². The summed E-state index contributed by atoms with van der Waals surface area (Å²) in [6.07, 6.45) is 3.79. The Morgan fingerprint density at radius 1 is 1.67 bits per heavy atom. The van der Waals surface area contributed by atoms with Crippen molar-refractivity contribution in [3.8, 4) is 0 Å². The maximum Gasteiger partial charge on any atom is 0.0900 e. The average molecular weight is 253 g/mol. The predicted octanol–water partition coefficient (Wildman–Crippen LogP) is 0.986. The largest absolute Gasteiger partial charge is 0.389 e. The number of ether oxygens (including phenoxy) is 1. The van der Waals surface area contributed by atoms with Gasteiger partial charge >= 0.3 is 0 Å². The van der Waals surface area contributed by atoms with Crippen LogP contribution >= 0.6 is 0 Å². The van der Waals surface area contributed by atoms with Crippen LogP contribution in [0.4, 0.5) is 0 Å². The maximum absolute atomic E-state index is 9.86. The lowest BCUT2D eigenvalue weighted by Crippen LogP contribution is -2.40. The van der Waals surface area contributed by atoms with Crippen LogP contribution in [0.5, 0.6) is 0 Å². The highest BCUT2D eigenvalue weighted by molar-refractivity contribution is 5.07. The number of likely N-dealkylation sites (tertiary alicyclic amines) is 1. The molecule has 5 heteroatoms. The second-order valence-corrected chi connectivity index (χ2v) is 4.92. The van der Waals surface area contributed by atoms with Crippen molar-refractivity contribution in [3.05, 3.63) is 18.0 Å². The van der Waals surface area contributed by atoms with Crippen LogP contribution in [-0.4, -0.2) is 59.2 Å². The van der Waals surface area contributed by atoms with Gasteiger partial charge in [0.25, 0.3) is 0 Å². The van der Waals surface area contributed by atoms with E-state index < -0.39 is 0 Å². The van der Waals surface area contributed by atoms with Gasteiger partial charge in [-0.1, -0.05) is 0 Å². The molecule has 0 radical (unpaired) electrons. The van der Waals surface area contributed by atoms with Crippen LogP contribution < -0.4 is 0 Å². The van der Waals surface area contributed by atoms with E-state index in [1.807, 2.05) is 13.0 Å². The Morgan fingerprint density at radius 2 is 2.56 bits per heavy atom. The number of H-pyrrole nitrogens is 1. The summed E-state index contributed by atoms with van der Waals surface area (Å²) >= 11 is 0. The van der Waals surface area contributed by atoms with E-state index in [1.165, 1.54) is 18.5 Å². The summed E-state index contributed by atoms with van der Waals surface area (Å²) < 4.78 is 5.24. The van der Waals surface area contributed by atoms with Crippen molar-refractivity contribution < 1.29 is 9.84 Å². The van der Waals surface area contributed by atoms with Gasteiger partial charge in [0.1, 0.15) is 0 Å². The number of aliphatic hydroxyl groups excluding tert-OH is 1. The Morgan fingerprint density at radius 3 is 3.28 bits per heavy atom. The minimum Gasteiger partial charge on any atom is -0.389 e. The summed E-state index contributed by atoms with van der Waals surface area (Å²) in [5, 5.41) is 16.9. The lowest BCUT2D eigenvalue weighted by Gasteiger charge is -2.33. The van der Waals surface area contributed by atoms with Gasteiger partial charge in [0.2, 0.25) is 0 Å². The second kappa shape index (κ2) is 6.87. The smallest absolute Gasteiger partial charge is 0.0900 e. The molecule has 1 aromatic rings. The number of nitrogens with one attached hydrogen (secondary N) is 1. The van der Waals surface area contributed by atoms with Crippen molar-refractivity contribution in [1.29, 1.82) is 0 Å². The Kier molecular flexibility index (Phi) is 5.16. The molecular formula is C13H23N3O2. The average Bonchev–Trinajstić information content (AvgIpc) is 2.90. The fourth-order valence-corrected chi connectivity index (χ4v) is 2.57. The molecule has 1 saturated heterocycles. The molecule has 5 nitrogen and oxygen atoms in total. The monoisotopic (exact) mass is 253 g/mol. The molecule has 0 aromatic carbocycles. The van der Waals surface area contributed by atoms with E-state index in [0.29, 0.717) is 25.7 Å². The molecule has 1 aliphatic rings. The highest BCUT2D eigenvalue weighted by Gasteiger charge is 2.23. The minimum absolute atomic E-state index is 0.384. The minimum atomic E-state index is -0.384.